The predicted octanol–water partition coefficient (Wildman–Crippen LogP) is 1.90. The highest BCUT2D eigenvalue weighted by atomic mass is 16.5. The summed E-state index contributed by atoms with van der Waals surface area (Å²) in [6.45, 7) is 7.89. The van der Waals surface area contributed by atoms with E-state index in [1.165, 1.54) is 0 Å². The summed E-state index contributed by atoms with van der Waals surface area (Å²) in [4.78, 5) is 11.0. The van der Waals surface area contributed by atoms with Crippen LogP contribution in [0, 0.1) is 5.92 Å². The van der Waals surface area contributed by atoms with Crippen LogP contribution in [0.4, 0.5) is 0 Å². The molecule has 0 aromatic heterocycles. The van der Waals surface area contributed by atoms with E-state index < -0.39 is 0 Å². The molecule has 1 N–H and O–H groups in total. The zero-order valence-electron chi connectivity index (χ0n) is 9.08. The second-order valence-electron chi connectivity index (χ2n) is 3.68. The Kier molecular flexibility index (Phi) is 7.11. The van der Waals surface area contributed by atoms with Crippen molar-refractivity contribution in [1.82, 2.24) is 0 Å². The SMILES string of the molecule is C=C(C)C(=O)OCCC(C)CCCO. The molecule has 14 heavy (non-hydrogen) atoms. The van der Waals surface area contributed by atoms with Gasteiger partial charge in [0.05, 0.1) is 6.61 Å². The van der Waals surface area contributed by atoms with Crippen LogP contribution in [0.25, 0.3) is 0 Å². The lowest BCUT2D eigenvalue weighted by atomic mass is 10.0. The summed E-state index contributed by atoms with van der Waals surface area (Å²) in [6, 6.07) is 0. The van der Waals surface area contributed by atoms with E-state index in [1.807, 2.05) is 0 Å². The highest BCUT2D eigenvalue weighted by molar-refractivity contribution is 5.86. The third-order valence-electron chi connectivity index (χ3n) is 2.05. The van der Waals surface area contributed by atoms with Crippen LogP contribution in [-0.2, 0) is 9.53 Å². The lowest BCUT2D eigenvalue weighted by molar-refractivity contribution is -0.139. The summed E-state index contributed by atoms with van der Waals surface area (Å²) in [5.41, 5.74) is 0.438. The molecule has 0 aromatic rings. The van der Waals surface area contributed by atoms with Gasteiger partial charge in [0, 0.05) is 12.2 Å². The van der Waals surface area contributed by atoms with Gasteiger partial charge in [0.1, 0.15) is 0 Å². The maximum Gasteiger partial charge on any atom is 0.333 e. The normalized spacial score (nSPS) is 12.2. The number of hydrogen-bond donors (Lipinski definition) is 1. The van der Waals surface area contributed by atoms with Crippen LogP contribution in [0.3, 0.4) is 0 Å². The van der Waals surface area contributed by atoms with Crippen LogP contribution in [0.5, 0.6) is 0 Å². The Morgan fingerprint density at radius 3 is 2.64 bits per heavy atom. The van der Waals surface area contributed by atoms with Crippen molar-refractivity contribution in [2.45, 2.75) is 33.1 Å². The van der Waals surface area contributed by atoms with Crippen LogP contribution < -0.4 is 0 Å². The molecule has 0 saturated carbocycles. The molecular weight excluding hydrogens is 180 g/mol. The molecule has 0 aromatic carbocycles. The fraction of sp³-hybridized carbons (Fsp3) is 0.727. The largest absolute Gasteiger partial charge is 0.462 e. The van der Waals surface area contributed by atoms with E-state index in [1.54, 1.807) is 6.92 Å². The molecule has 0 radical (unpaired) electrons. The summed E-state index contributed by atoms with van der Waals surface area (Å²) in [6.07, 6.45) is 2.63. The molecule has 3 nitrogen and oxygen atoms in total. The fourth-order valence-electron chi connectivity index (χ4n) is 1.06. The van der Waals surface area contributed by atoms with E-state index in [0.717, 1.165) is 19.3 Å². The summed E-state index contributed by atoms with van der Waals surface area (Å²) in [5, 5.41) is 8.60. The summed E-state index contributed by atoms with van der Waals surface area (Å²) in [7, 11) is 0. The van der Waals surface area contributed by atoms with Gasteiger partial charge < -0.3 is 9.84 Å². The molecule has 0 aliphatic heterocycles. The van der Waals surface area contributed by atoms with Crippen molar-refractivity contribution in [1.29, 1.82) is 0 Å². The van der Waals surface area contributed by atoms with Crippen molar-refractivity contribution in [3.05, 3.63) is 12.2 Å². The van der Waals surface area contributed by atoms with Crippen LogP contribution in [0.2, 0.25) is 0 Å². The minimum atomic E-state index is -0.320. The molecule has 3 heteroatoms. The fourth-order valence-corrected chi connectivity index (χ4v) is 1.06. The second-order valence-corrected chi connectivity index (χ2v) is 3.68. The van der Waals surface area contributed by atoms with Crippen molar-refractivity contribution in [3.8, 4) is 0 Å². The van der Waals surface area contributed by atoms with Gasteiger partial charge in [-0.15, -0.1) is 0 Å². The zero-order valence-corrected chi connectivity index (χ0v) is 9.08. The number of carbonyl (C=O) groups is 1. The third-order valence-corrected chi connectivity index (χ3v) is 2.05. The molecule has 0 amide bonds. The lowest BCUT2D eigenvalue weighted by Crippen LogP contribution is -2.09. The lowest BCUT2D eigenvalue weighted by Gasteiger charge is -2.10. The first kappa shape index (κ1) is 13.2. The van der Waals surface area contributed by atoms with E-state index in [9.17, 15) is 4.79 Å². The number of carbonyl (C=O) groups excluding carboxylic acids is 1. The number of hydrogen-bond acceptors (Lipinski definition) is 3. The molecule has 0 bridgehead atoms. The number of aliphatic hydroxyl groups is 1. The van der Waals surface area contributed by atoms with E-state index in [2.05, 4.69) is 13.5 Å². The van der Waals surface area contributed by atoms with Gasteiger partial charge in [0.2, 0.25) is 0 Å². The standard InChI is InChI=1S/C11H20O3/c1-9(2)11(13)14-8-6-10(3)5-4-7-12/h10,12H,1,4-8H2,2-3H3. The van der Waals surface area contributed by atoms with Crippen LogP contribution in [0.15, 0.2) is 12.2 Å². The van der Waals surface area contributed by atoms with Gasteiger partial charge in [0.15, 0.2) is 0 Å². The Morgan fingerprint density at radius 1 is 1.50 bits per heavy atom. The van der Waals surface area contributed by atoms with E-state index in [4.69, 9.17) is 9.84 Å². The molecule has 0 aliphatic rings. The van der Waals surface area contributed by atoms with Gasteiger partial charge in [-0.2, -0.15) is 0 Å². The number of esters is 1. The molecular formula is C11H20O3. The van der Waals surface area contributed by atoms with Gasteiger partial charge in [-0.05, 0) is 32.1 Å². The Morgan fingerprint density at radius 2 is 2.14 bits per heavy atom. The second kappa shape index (κ2) is 7.56. The first-order valence-electron chi connectivity index (χ1n) is 5.01. The van der Waals surface area contributed by atoms with E-state index >= 15 is 0 Å². The zero-order chi connectivity index (χ0) is 11.0. The molecule has 0 heterocycles. The minimum Gasteiger partial charge on any atom is -0.462 e. The maximum absolute atomic E-state index is 11.0. The Labute approximate surface area is 85.8 Å². The topological polar surface area (TPSA) is 46.5 Å². The van der Waals surface area contributed by atoms with Gasteiger partial charge in [-0.3, -0.25) is 0 Å². The molecule has 82 valence electrons. The molecule has 0 spiro atoms. The van der Waals surface area contributed by atoms with Crippen molar-refractivity contribution in [2.24, 2.45) is 5.92 Å². The monoisotopic (exact) mass is 200 g/mol. The van der Waals surface area contributed by atoms with Crippen LogP contribution in [0.1, 0.15) is 33.1 Å². The van der Waals surface area contributed by atoms with Crippen molar-refractivity contribution in [2.75, 3.05) is 13.2 Å². The van der Waals surface area contributed by atoms with Crippen LogP contribution in [-0.4, -0.2) is 24.3 Å². The smallest absolute Gasteiger partial charge is 0.333 e. The summed E-state index contributed by atoms with van der Waals surface area (Å²) in [5.74, 6) is 0.166. The van der Waals surface area contributed by atoms with E-state index in [-0.39, 0.29) is 12.6 Å². The highest BCUT2D eigenvalue weighted by Crippen LogP contribution is 2.10. The quantitative estimate of drug-likeness (QED) is 0.504. The Bertz CT molecular complexity index is 187. The molecule has 1 atom stereocenters. The predicted molar refractivity (Wildman–Crippen MR) is 55.9 cm³/mol. The number of ether oxygens (including phenoxy) is 1. The first-order chi connectivity index (χ1) is 6.57. The van der Waals surface area contributed by atoms with Gasteiger partial charge in [-0.1, -0.05) is 13.5 Å². The molecule has 0 aliphatic carbocycles. The van der Waals surface area contributed by atoms with Gasteiger partial charge >= 0.3 is 5.97 Å². The van der Waals surface area contributed by atoms with Crippen molar-refractivity contribution >= 4 is 5.97 Å². The van der Waals surface area contributed by atoms with Crippen molar-refractivity contribution in [3.63, 3.8) is 0 Å². The Hall–Kier alpha value is -0.830. The minimum absolute atomic E-state index is 0.232. The molecule has 0 fully saturated rings. The number of rotatable bonds is 7. The van der Waals surface area contributed by atoms with E-state index in [0.29, 0.717) is 18.1 Å². The first-order valence-corrected chi connectivity index (χ1v) is 5.01. The van der Waals surface area contributed by atoms with Crippen LogP contribution >= 0.6 is 0 Å². The Balaban J connectivity index is 3.44. The summed E-state index contributed by atoms with van der Waals surface area (Å²) < 4.78 is 4.95. The average Bonchev–Trinajstić information content (AvgIpc) is 2.14. The summed E-state index contributed by atoms with van der Waals surface area (Å²) >= 11 is 0. The molecule has 0 rings (SSSR count). The van der Waals surface area contributed by atoms with Gasteiger partial charge in [-0.25, -0.2) is 4.79 Å². The average molecular weight is 200 g/mol. The number of aliphatic hydroxyl groups excluding tert-OH is 1. The third kappa shape index (κ3) is 6.66. The molecule has 0 saturated heterocycles. The van der Waals surface area contributed by atoms with Crippen molar-refractivity contribution < 1.29 is 14.6 Å². The molecule has 1 unspecified atom stereocenters. The highest BCUT2D eigenvalue weighted by Gasteiger charge is 2.05. The van der Waals surface area contributed by atoms with Gasteiger partial charge in [0.25, 0.3) is 0 Å². The maximum atomic E-state index is 11.0.